The van der Waals surface area contributed by atoms with Crippen LogP contribution in [0.5, 0.6) is 0 Å². The molecule has 1 N–H and O–H groups in total. The maximum Gasteiger partial charge on any atom is 0.307 e. The predicted octanol–water partition coefficient (Wildman–Crippen LogP) is 18.3. The molecular weight excluding hydrogens is 1240 g/mol. The van der Waals surface area contributed by atoms with E-state index in [0.717, 1.165) is 83.3 Å². The first-order valence-corrected chi connectivity index (χ1v) is 37.3. The lowest BCUT2D eigenvalue weighted by atomic mass is 10.1. The molecule has 0 rings (SSSR count). The SMILES string of the molecule is C=COC(C)=O.CCCC/C(=C/OCCOCCOCCO)CC.CCCC/C(=C/OCCOCCOCCO/C=C(\CC)CCCC)CC.CCCCC(=COCCOCCOCCOC(C)=O)CC.CCCCC(=COCCOCCOCCOC=C(CC)CCCC)CC. The van der Waals surface area contributed by atoms with Crippen LogP contribution in [0.3, 0.4) is 0 Å². The van der Waals surface area contributed by atoms with Crippen molar-refractivity contribution in [2.45, 2.75) is 251 Å². The van der Waals surface area contributed by atoms with Gasteiger partial charge in [-0.15, -0.1) is 0 Å². The molecule has 97 heavy (non-hydrogen) atoms. The second-order valence-electron chi connectivity index (χ2n) is 22.4. The lowest BCUT2D eigenvalue weighted by molar-refractivity contribution is -0.142. The van der Waals surface area contributed by atoms with E-state index in [9.17, 15) is 9.59 Å². The van der Waals surface area contributed by atoms with Gasteiger partial charge in [-0.2, -0.15) is 0 Å². The van der Waals surface area contributed by atoms with Crippen molar-refractivity contribution in [3.63, 3.8) is 0 Å². The first-order valence-electron chi connectivity index (χ1n) is 37.3. The number of ether oxygens (including phenoxy) is 16. The molecular formula is C78H148O19. The summed E-state index contributed by atoms with van der Waals surface area (Å²) in [6, 6.07) is 0. The molecule has 19 nitrogen and oxygen atoms in total. The number of esters is 2. The van der Waals surface area contributed by atoms with E-state index >= 15 is 0 Å². The lowest BCUT2D eigenvalue weighted by Gasteiger charge is -2.08. The quantitative estimate of drug-likeness (QED) is 0.0342. The third-order valence-corrected chi connectivity index (χ3v) is 13.9. The van der Waals surface area contributed by atoms with E-state index in [4.69, 9.17) is 76.2 Å². The van der Waals surface area contributed by atoms with Gasteiger partial charge >= 0.3 is 11.9 Å². The van der Waals surface area contributed by atoms with Gasteiger partial charge in [0.25, 0.3) is 0 Å². The van der Waals surface area contributed by atoms with Crippen molar-refractivity contribution in [3.8, 4) is 0 Å². The van der Waals surface area contributed by atoms with Crippen LogP contribution in [0.25, 0.3) is 0 Å². The molecule has 0 saturated carbocycles. The molecule has 0 saturated heterocycles. The first-order chi connectivity index (χ1) is 47.4. The monoisotopic (exact) mass is 1390 g/mol. The largest absolute Gasteiger partial charge is 0.499 e. The second kappa shape index (κ2) is 91.6. The van der Waals surface area contributed by atoms with Crippen LogP contribution in [0.1, 0.15) is 251 Å². The van der Waals surface area contributed by atoms with Crippen LogP contribution >= 0.6 is 0 Å². The normalized spacial score (nSPS) is 11.8. The van der Waals surface area contributed by atoms with E-state index in [1.54, 1.807) is 0 Å². The summed E-state index contributed by atoms with van der Waals surface area (Å²) in [5.74, 6) is -0.615. The van der Waals surface area contributed by atoms with Gasteiger partial charge in [-0.05, 0) is 149 Å². The summed E-state index contributed by atoms with van der Waals surface area (Å²) in [4.78, 5) is 20.2. The van der Waals surface area contributed by atoms with E-state index in [-0.39, 0.29) is 18.5 Å². The molecule has 0 aliphatic carbocycles. The minimum Gasteiger partial charge on any atom is -0.499 e. The van der Waals surface area contributed by atoms with E-state index in [0.29, 0.717) is 152 Å². The molecule has 0 amide bonds. The van der Waals surface area contributed by atoms with Crippen molar-refractivity contribution in [2.75, 3.05) is 159 Å². The van der Waals surface area contributed by atoms with Crippen molar-refractivity contribution in [1.82, 2.24) is 0 Å². The summed E-state index contributed by atoms with van der Waals surface area (Å²) >= 11 is 0. The van der Waals surface area contributed by atoms with Crippen LogP contribution in [0, 0.1) is 0 Å². The predicted molar refractivity (Wildman–Crippen MR) is 395 cm³/mol. The molecule has 0 radical (unpaired) electrons. The standard InChI is InChI=1S/2C22H42O4.C16H30O5.C14H28O4.C4H6O2/c2*1-5-9-11-21(7-3)19-25-17-15-23-13-14-24-16-18-26-20-22(8-4)12-10-6-2;1-4-6-7-16(5-2)14-20-11-10-18-8-9-19-12-13-21-15(3)17;1-3-5-6-14(4-2)13-18-12-11-17-10-9-16-8-7-15;1-3-6-4(2)5/h2*19-20H,5-18H2,1-4H3;14H,4-13H2,1-3H3;13,15H,3-12H2,1-2H3;3H,1H2,2H3/b21-19+,22-20+;;;14-13+;. The number of unbranched alkanes of at least 4 members (excludes halogenated alkanes) is 6. The highest BCUT2D eigenvalue weighted by molar-refractivity contribution is 5.66. The Bertz CT molecular complexity index is 1660. The van der Waals surface area contributed by atoms with Crippen molar-refractivity contribution < 1.29 is 90.5 Å². The zero-order chi connectivity index (χ0) is 72.8. The number of allylic oxidation sites excluding steroid dienone is 6. The molecule has 0 aromatic rings. The summed E-state index contributed by atoms with van der Waals surface area (Å²) in [6.45, 7) is 44.7. The molecule has 0 atom stereocenters. The fourth-order valence-electron chi connectivity index (χ4n) is 7.75. The van der Waals surface area contributed by atoms with Gasteiger partial charge in [0.05, 0.1) is 156 Å². The van der Waals surface area contributed by atoms with E-state index in [2.05, 4.69) is 94.4 Å². The number of aliphatic hydroxyl groups excluding tert-OH is 1. The second-order valence-corrected chi connectivity index (χ2v) is 22.4. The van der Waals surface area contributed by atoms with Gasteiger partial charge in [0, 0.05) is 13.8 Å². The Labute approximate surface area is 593 Å². The molecule has 0 aliphatic rings. The van der Waals surface area contributed by atoms with E-state index in [1.807, 2.05) is 37.6 Å². The minimum atomic E-state index is -0.329. The summed E-state index contributed by atoms with van der Waals surface area (Å²) < 4.78 is 85.0. The van der Waals surface area contributed by atoms with Gasteiger partial charge in [0.15, 0.2) is 0 Å². The Morgan fingerprint density at radius 1 is 0.278 bits per heavy atom. The maximum atomic E-state index is 10.5. The zero-order valence-corrected chi connectivity index (χ0v) is 64.5. The van der Waals surface area contributed by atoms with Crippen LogP contribution in [0.15, 0.2) is 83.9 Å². The van der Waals surface area contributed by atoms with Crippen LogP contribution in [0.2, 0.25) is 0 Å². The van der Waals surface area contributed by atoms with Crippen molar-refractivity contribution >= 4 is 11.9 Å². The third-order valence-electron chi connectivity index (χ3n) is 13.9. The molecule has 0 aromatic heterocycles. The van der Waals surface area contributed by atoms with Crippen molar-refractivity contribution in [2.24, 2.45) is 0 Å². The van der Waals surface area contributed by atoms with Gasteiger partial charge in [0.2, 0.25) is 0 Å². The molecule has 19 heteroatoms. The van der Waals surface area contributed by atoms with Crippen LogP contribution < -0.4 is 0 Å². The molecule has 0 heterocycles. The Kier molecular flexibility index (Phi) is 95.5. The van der Waals surface area contributed by atoms with Gasteiger partial charge in [-0.25, -0.2) is 0 Å². The molecule has 0 aliphatic heterocycles. The number of hydrogen-bond acceptors (Lipinski definition) is 19. The first kappa shape index (κ1) is 101. The highest BCUT2D eigenvalue weighted by Crippen LogP contribution is 2.15. The molecule has 574 valence electrons. The van der Waals surface area contributed by atoms with Gasteiger partial charge < -0.3 is 80.9 Å². The maximum absolute atomic E-state index is 10.5. The molecule has 0 spiro atoms. The Morgan fingerprint density at radius 2 is 0.464 bits per heavy atom. The van der Waals surface area contributed by atoms with E-state index < -0.39 is 0 Å². The molecule has 0 unspecified atom stereocenters. The van der Waals surface area contributed by atoms with Crippen LogP contribution in [-0.4, -0.2) is 176 Å². The fourth-order valence-corrected chi connectivity index (χ4v) is 7.75. The van der Waals surface area contributed by atoms with Crippen molar-refractivity contribution in [3.05, 3.63) is 83.9 Å². The minimum absolute atomic E-state index is 0.0610. The molecule has 0 bridgehead atoms. The highest BCUT2D eigenvalue weighted by atomic mass is 16.6. The molecule has 0 aromatic carbocycles. The zero-order valence-electron chi connectivity index (χ0n) is 64.5. The smallest absolute Gasteiger partial charge is 0.307 e. The number of hydrogen-bond donors (Lipinski definition) is 1. The summed E-state index contributed by atoms with van der Waals surface area (Å²) in [5, 5.41) is 8.48. The van der Waals surface area contributed by atoms with Gasteiger partial charge in [-0.1, -0.05) is 128 Å². The third kappa shape index (κ3) is 91.6. The van der Waals surface area contributed by atoms with Crippen LogP contribution in [0.4, 0.5) is 0 Å². The van der Waals surface area contributed by atoms with Crippen molar-refractivity contribution in [1.29, 1.82) is 0 Å². The number of carbonyl (C=O) groups is 2. The fraction of sp³-hybridized carbons (Fsp3) is 0.795. The summed E-state index contributed by atoms with van der Waals surface area (Å²) in [7, 11) is 0. The average molecular weight is 1390 g/mol. The van der Waals surface area contributed by atoms with Gasteiger partial charge in [0.1, 0.15) is 46.2 Å². The Morgan fingerprint density at radius 3 is 0.608 bits per heavy atom. The topological polar surface area (TPSA) is 202 Å². The Balaban J connectivity index is -0.000000380. The number of carbonyl (C=O) groups excluding carboxylic acids is 2. The lowest BCUT2D eigenvalue weighted by Crippen LogP contribution is -2.12. The summed E-state index contributed by atoms with van der Waals surface area (Å²) in [6.07, 6.45) is 40.3. The highest BCUT2D eigenvalue weighted by Gasteiger charge is 2.02. The average Bonchev–Trinajstić information content (AvgIpc) is 3.64. The van der Waals surface area contributed by atoms with Crippen LogP contribution in [-0.2, 0) is 85.4 Å². The number of aliphatic hydroxyl groups is 1. The van der Waals surface area contributed by atoms with E-state index in [1.165, 1.54) is 124 Å². The summed E-state index contributed by atoms with van der Waals surface area (Å²) in [5.41, 5.74) is 8.24. The molecule has 0 fully saturated rings. The Hall–Kier alpha value is -4.44. The number of rotatable bonds is 66. The van der Waals surface area contributed by atoms with Gasteiger partial charge in [-0.3, -0.25) is 9.59 Å².